The van der Waals surface area contributed by atoms with E-state index in [4.69, 9.17) is 9.47 Å². The van der Waals surface area contributed by atoms with Crippen molar-refractivity contribution < 1.29 is 9.47 Å². The molecule has 2 heterocycles. The Kier molecular flexibility index (Phi) is 5.07. The van der Waals surface area contributed by atoms with E-state index in [1.807, 2.05) is 0 Å². The van der Waals surface area contributed by atoms with Gasteiger partial charge in [-0.3, -0.25) is 0 Å². The number of nitrogens with one attached hydrogen (secondary N) is 1. The first-order valence-corrected chi connectivity index (χ1v) is 6.79. The van der Waals surface area contributed by atoms with Gasteiger partial charge in [-0.15, -0.1) is 0 Å². The summed E-state index contributed by atoms with van der Waals surface area (Å²) in [6, 6.07) is 0.589. The van der Waals surface area contributed by atoms with E-state index in [0.717, 1.165) is 32.8 Å². The summed E-state index contributed by atoms with van der Waals surface area (Å²) in [6.07, 6.45) is 6.73. The molecule has 0 aromatic rings. The highest BCUT2D eigenvalue weighted by Gasteiger charge is 2.22. The van der Waals surface area contributed by atoms with E-state index in [9.17, 15) is 0 Å². The number of ether oxygens (including phenoxy) is 2. The maximum Gasteiger partial charge on any atom is 0.0587 e. The minimum absolute atomic E-state index is 0.508. The first kappa shape index (κ1) is 12.3. The third-order valence-corrected chi connectivity index (χ3v) is 3.88. The van der Waals surface area contributed by atoms with E-state index < -0.39 is 0 Å². The van der Waals surface area contributed by atoms with Crippen molar-refractivity contribution in [3.05, 3.63) is 0 Å². The molecular formula is C13H25NO2. The lowest BCUT2D eigenvalue weighted by Gasteiger charge is -2.24. The third kappa shape index (κ3) is 3.72. The van der Waals surface area contributed by atoms with Gasteiger partial charge in [-0.1, -0.05) is 0 Å². The highest BCUT2D eigenvalue weighted by Crippen LogP contribution is 2.17. The molecule has 16 heavy (non-hydrogen) atoms. The summed E-state index contributed by atoms with van der Waals surface area (Å²) in [5.74, 6) is 0.715. The first-order chi connectivity index (χ1) is 7.86. The lowest BCUT2D eigenvalue weighted by Crippen LogP contribution is -2.36. The second kappa shape index (κ2) is 6.58. The van der Waals surface area contributed by atoms with Crippen LogP contribution in [-0.4, -0.2) is 38.5 Å². The minimum atomic E-state index is 0.508. The van der Waals surface area contributed by atoms with Gasteiger partial charge in [0.2, 0.25) is 0 Å². The van der Waals surface area contributed by atoms with Crippen LogP contribution in [-0.2, 0) is 9.47 Å². The second-order valence-corrected chi connectivity index (χ2v) is 5.14. The summed E-state index contributed by atoms with van der Waals surface area (Å²) in [5, 5.41) is 3.61. The molecule has 2 rings (SSSR count). The Morgan fingerprint density at radius 3 is 2.88 bits per heavy atom. The normalized spacial score (nSPS) is 32.8. The molecule has 94 valence electrons. The zero-order valence-corrected chi connectivity index (χ0v) is 10.4. The summed E-state index contributed by atoms with van der Waals surface area (Å²) in [4.78, 5) is 0. The molecule has 1 N–H and O–H groups in total. The molecule has 0 aromatic heterocycles. The van der Waals surface area contributed by atoms with Crippen LogP contribution in [0.1, 0.15) is 39.0 Å². The van der Waals surface area contributed by atoms with Crippen molar-refractivity contribution in [2.24, 2.45) is 5.92 Å². The molecular weight excluding hydrogens is 202 g/mol. The van der Waals surface area contributed by atoms with Gasteiger partial charge in [-0.05, 0) is 51.5 Å². The molecule has 0 spiro atoms. The van der Waals surface area contributed by atoms with Gasteiger partial charge in [0, 0.05) is 19.3 Å². The number of hydrogen-bond acceptors (Lipinski definition) is 3. The van der Waals surface area contributed by atoms with E-state index in [-0.39, 0.29) is 0 Å². The average Bonchev–Trinajstić information content (AvgIpc) is 2.84. The lowest BCUT2D eigenvalue weighted by molar-refractivity contribution is 0.0110. The molecule has 0 radical (unpaired) electrons. The molecule has 0 aromatic carbocycles. The Morgan fingerprint density at radius 1 is 1.25 bits per heavy atom. The molecule has 0 bridgehead atoms. The van der Waals surface area contributed by atoms with Crippen LogP contribution in [0.4, 0.5) is 0 Å². The molecule has 3 nitrogen and oxygen atoms in total. The Bertz CT molecular complexity index is 186. The van der Waals surface area contributed by atoms with Gasteiger partial charge in [0.05, 0.1) is 12.7 Å². The molecule has 0 amide bonds. The van der Waals surface area contributed by atoms with Crippen molar-refractivity contribution in [2.45, 2.75) is 51.2 Å². The van der Waals surface area contributed by atoms with Gasteiger partial charge >= 0.3 is 0 Å². The van der Waals surface area contributed by atoms with Gasteiger partial charge in [-0.25, -0.2) is 0 Å². The monoisotopic (exact) mass is 227 g/mol. The number of hydrogen-bond donors (Lipinski definition) is 1. The minimum Gasteiger partial charge on any atom is -0.381 e. The molecule has 2 aliphatic rings. The topological polar surface area (TPSA) is 30.5 Å². The van der Waals surface area contributed by atoms with Crippen molar-refractivity contribution in [3.63, 3.8) is 0 Å². The van der Waals surface area contributed by atoms with Crippen LogP contribution in [0.5, 0.6) is 0 Å². The van der Waals surface area contributed by atoms with Crippen molar-refractivity contribution in [3.8, 4) is 0 Å². The van der Waals surface area contributed by atoms with E-state index in [1.165, 1.54) is 25.7 Å². The van der Waals surface area contributed by atoms with Gasteiger partial charge in [0.1, 0.15) is 0 Å². The highest BCUT2D eigenvalue weighted by molar-refractivity contribution is 4.76. The molecule has 3 unspecified atom stereocenters. The number of rotatable bonds is 5. The fourth-order valence-corrected chi connectivity index (χ4v) is 2.62. The maximum absolute atomic E-state index is 5.72. The van der Waals surface area contributed by atoms with Crippen molar-refractivity contribution in [1.29, 1.82) is 0 Å². The van der Waals surface area contributed by atoms with E-state index >= 15 is 0 Å². The molecule has 2 aliphatic heterocycles. The smallest absolute Gasteiger partial charge is 0.0587 e. The SMILES string of the molecule is CC(NCCC1CCCCO1)C1CCOC1. The van der Waals surface area contributed by atoms with E-state index in [0.29, 0.717) is 18.1 Å². The summed E-state index contributed by atoms with van der Waals surface area (Å²) in [7, 11) is 0. The van der Waals surface area contributed by atoms with E-state index in [1.54, 1.807) is 0 Å². The zero-order valence-electron chi connectivity index (χ0n) is 10.4. The standard InChI is InChI=1S/C13H25NO2/c1-11(12-6-9-15-10-12)14-7-5-13-4-2-3-8-16-13/h11-14H,2-10H2,1H3. The van der Waals surface area contributed by atoms with Crippen LogP contribution in [0.3, 0.4) is 0 Å². The van der Waals surface area contributed by atoms with Crippen LogP contribution >= 0.6 is 0 Å². The van der Waals surface area contributed by atoms with Crippen molar-refractivity contribution in [1.82, 2.24) is 5.32 Å². The van der Waals surface area contributed by atoms with Crippen molar-refractivity contribution >= 4 is 0 Å². The predicted molar refractivity (Wildman–Crippen MR) is 64.6 cm³/mol. The lowest BCUT2D eigenvalue weighted by atomic mass is 10.0. The van der Waals surface area contributed by atoms with Crippen LogP contribution < -0.4 is 5.32 Å². The summed E-state index contributed by atoms with van der Waals surface area (Å²) in [6.45, 7) is 6.22. The molecule has 2 saturated heterocycles. The summed E-state index contributed by atoms with van der Waals surface area (Å²) in [5.41, 5.74) is 0. The van der Waals surface area contributed by atoms with Gasteiger partial charge < -0.3 is 14.8 Å². The zero-order chi connectivity index (χ0) is 11.2. The van der Waals surface area contributed by atoms with Crippen LogP contribution in [0.2, 0.25) is 0 Å². The predicted octanol–water partition coefficient (Wildman–Crippen LogP) is 1.96. The fraction of sp³-hybridized carbons (Fsp3) is 1.00. The third-order valence-electron chi connectivity index (χ3n) is 3.88. The largest absolute Gasteiger partial charge is 0.381 e. The van der Waals surface area contributed by atoms with Gasteiger partial charge in [0.15, 0.2) is 0 Å². The van der Waals surface area contributed by atoms with Crippen molar-refractivity contribution in [2.75, 3.05) is 26.4 Å². The average molecular weight is 227 g/mol. The Hall–Kier alpha value is -0.120. The highest BCUT2D eigenvalue weighted by atomic mass is 16.5. The quantitative estimate of drug-likeness (QED) is 0.779. The van der Waals surface area contributed by atoms with Gasteiger partial charge in [0.25, 0.3) is 0 Å². The second-order valence-electron chi connectivity index (χ2n) is 5.14. The molecule has 0 saturated carbocycles. The molecule has 3 heteroatoms. The first-order valence-electron chi connectivity index (χ1n) is 6.79. The fourth-order valence-electron chi connectivity index (χ4n) is 2.62. The van der Waals surface area contributed by atoms with E-state index in [2.05, 4.69) is 12.2 Å². The van der Waals surface area contributed by atoms with Crippen LogP contribution in [0.25, 0.3) is 0 Å². The Balaban J connectivity index is 1.56. The Morgan fingerprint density at radius 2 is 2.19 bits per heavy atom. The molecule has 3 atom stereocenters. The summed E-state index contributed by atoms with van der Waals surface area (Å²) >= 11 is 0. The molecule has 2 fully saturated rings. The Labute approximate surface area is 98.9 Å². The van der Waals surface area contributed by atoms with Crippen LogP contribution in [0, 0.1) is 5.92 Å². The van der Waals surface area contributed by atoms with Crippen LogP contribution in [0.15, 0.2) is 0 Å². The summed E-state index contributed by atoms with van der Waals surface area (Å²) < 4.78 is 11.1. The maximum atomic E-state index is 5.72. The van der Waals surface area contributed by atoms with Gasteiger partial charge in [-0.2, -0.15) is 0 Å². The molecule has 0 aliphatic carbocycles.